The topological polar surface area (TPSA) is 83.6 Å². The lowest BCUT2D eigenvalue weighted by Gasteiger charge is -2.26. The Balaban J connectivity index is 1.89. The third kappa shape index (κ3) is 2.81. The SMILES string of the molecule is Cc1cccc(N2C(=O)C(O)=C(C(=O)c3ccco3)C2c2ccccn2)c1. The van der Waals surface area contributed by atoms with E-state index in [1.807, 2.05) is 25.1 Å². The van der Waals surface area contributed by atoms with E-state index in [0.717, 1.165) is 5.56 Å². The molecule has 0 bridgehead atoms. The van der Waals surface area contributed by atoms with Crippen molar-refractivity contribution in [2.24, 2.45) is 0 Å². The molecule has 27 heavy (non-hydrogen) atoms. The lowest BCUT2D eigenvalue weighted by molar-refractivity contribution is -0.117. The molecular weight excluding hydrogens is 344 g/mol. The van der Waals surface area contributed by atoms with Crippen LogP contribution < -0.4 is 4.90 Å². The molecule has 2 aromatic heterocycles. The lowest BCUT2D eigenvalue weighted by Crippen LogP contribution is -2.31. The van der Waals surface area contributed by atoms with Gasteiger partial charge in [0, 0.05) is 11.9 Å². The fourth-order valence-corrected chi connectivity index (χ4v) is 3.24. The fraction of sp³-hybridized carbons (Fsp3) is 0.0952. The number of anilines is 1. The number of amides is 1. The Morgan fingerprint density at radius 2 is 2.00 bits per heavy atom. The molecule has 0 saturated heterocycles. The Bertz CT molecular complexity index is 1040. The van der Waals surface area contributed by atoms with Crippen LogP contribution in [0.2, 0.25) is 0 Å². The number of aromatic nitrogens is 1. The molecule has 0 fully saturated rings. The van der Waals surface area contributed by atoms with Crippen molar-refractivity contribution in [2.75, 3.05) is 4.90 Å². The highest BCUT2D eigenvalue weighted by Gasteiger charge is 2.45. The zero-order valence-corrected chi connectivity index (χ0v) is 14.5. The number of furan rings is 1. The molecule has 3 aromatic rings. The van der Waals surface area contributed by atoms with E-state index in [9.17, 15) is 14.7 Å². The van der Waals surface area contributed by atoms with Gasteiger partial charge in [0.15, 0.2) is 11.5 Å². The van der Waals surface area contributed by atoms with Gasteiger partial charge in [-0.15, -0.1) is 0 Å². The second-order valence-electron chi connectivity index (χ2n) is 6.24. The molecule has 6 nitrogen and oxygen atoms in total. The third-order valence-electron chi connectivity index (χ3n) is 4.45. The normalized spacial score (nSPS) is 16.9. The molecule has 1 aromatic carbocycles. The highest BCUT2D eigenvalue weighted by molar-refractivity contribution is 6.20. The molecule has 0 saturated carbocycles. The second-order valence-corrected chi connectivity index (χ2v) is 6.24. The highest BCUT2D eigenvalue weighted by atomic mass is 16.3. The van der Waals surface area contributed by atoms with E-state index in [-0.39, 0.29) is 11.3 Å². The molecule has 3 heterocycles. The number of pyridine rings is 1. The Morgan fingerprint density at radius 1 is 1.15 bits per heavy atom. The Labute approximate surface area is 155 Å². The van der Waals surface area contributed by atoms with Gasteiger partial charge in [0.05, 0.1) is 17.5 Å². The number of carbonyl (C=O) groups is 2. The minimum absolute atomic E-state index is 0.0462. The number of ketones is 1. The smallest absolute Gasteiger partial charge is 0.294 e. The zero-order chi connectivity index (χ0) is 19.0. The monoisotopic (exact) mass is 360 g/mol. The molecule has 0 aliphatic carbocycles. The molecule has 1 N–H and O–H groups in total. The van der Waals surface area contributed by atoms with Crippen molar-refractivity contribution >= 4 is 17.4 Å². The number of aliphatic hydroxyl groups is 1. The van der Waals surface area contributed by atoms with E-state index in [1.54, 1.807) is 36.5 Å². The fourth-order valence-electron chi connectivity index (χ4n) is 3.24. The predicted molar refractivity (Wildman–Crippen MR) is 98.3 cm³/mol. The summed E-state index contributed by atoms with van der Waals surface area (Å²) >= 11 is 0. The molecule has 1 atom stereocenters. The first-order valence-electron chi connectivity index (χ1n) is 8.40. The van der Waals surface area contributed by atoms with Gasteiger partial charge in [-0.25, -0.2) is 0 Å². The summed E-state index contributed by atoms with van der Waals surface area (Å²) in [6.07, 6.45) is 2.95. The Hall–Kier alpha value is -3.67. The average molecular weight is 360 g/mol. The molecule has 1 aliphatic heterocycles. The Kier molecular flexibility index (Phi) is 4.08. The number of nitrogens with zero attached hydrogens (tertiary/aromatic N) is 2. The minimum atomic E-state index is -0.849. The van der Waals surface area contributed by atoms with Crippen molar-refractivity contribution in [3.8, 4) is 0 Å². The maximum absolute atomic E-state index is 13.0. The number of Topliss-reactive ketones (excluding diaryl/α,β-unsaturated/α-hetero) is 1. The van der Waals surface area contributed by atoms with Gasteiger partial charge in [0.25, 0.3) is 5.91 Å². The van der Waals surface area contributed by atoms with Crippen molar-refractivity contribution in [3.63, 3.8) is 0 Å². The van der Waals surface area contributed by atoms with Crippen LogP contribution in [0.1, 0.15) is 27.9 Å². The van der Waals surface area contributed by atoms with E-state index in [2.05, 4.69) is 4.98 Å². The summed E-state index contributed by atoms with van der Waals surface area (Å²) < 4.78 is 5.19. The van der Waals surface area contributed by atoms with E-state index in [1.165, 1.54) is 17.2 Å². The van der Waals surface area contributed by atoms with Crippen LogP contribution in [-0.2, 0) is 4.79 Å². The van der Waals surface area contributed by atoms with Crippen LogP contribution in [-0.4, -0.2) is 21.8 Å². The first-order chi connectivity index (χ1) is 13.1. The molecular formula is C21H16N2O4. The van der Waals surface area contributed by atoms with Gasteiger partial charge < -0.3 is 9.52 Å². The highest BCUT2D eigenvalue weighted by Crippen LogP contribution is 2.41. The standard InChI is InChI=1S/C21H16N2O4/c1-13-6-4-7-14(12-13)23-18(15-8-2-3-10-22-15)17(20(25)21(23)26)19(24)16-9-5-11-27-16/h2-12,18,25H,1H3. The largest absolute Gasteiger partial charge is 0.503 e. The van der Waals surface area contributed by atoms with Crippen molar-refractivity contribution in [1.82, 2.24) is 4.98 Å². The van der Waals surface area contributed by atoms with Gasteiger partial charge in [0.2, 0.25) is 5.78 Å². The number of carbonyl (C=O) groups excluding carboxylic acids is 2. The number of benzene rings is 1. The summed E-state index contributed by atoms with van der Waals surface area (Å²) in [4.78, 5) is 31.6. The molecule has 1 amide bonds. The summed E-state index contributed by atoms with van der Waals surface area (Å²) in [5, 5.41) is 10.6. The van der Waals surface area contributed by atoms with Crippen molar-refractivity contribution in [2.45, 2.75) is 13.0 Å². The average Bonchev–Trinajstić information content (AvgIpc) is 3.30. The van der Waals surface area contributed by atoms with Crippen molar-refractivity contribution in [1.29, 1.82) is 0 Å². The van der Waals surface area contributed by atoms with Gasteiger partial charge in [-0.1, -0.05) is 18.2 Å². The van der Waals surface area contributed by atoms with E-state index >= 15 is 0 Å². The lowest BCUT2D eigenvalue weighted by atomic mass is 9.98. The van der Waals surface area contributed by atoms with E-state index in [4.69, 9.17) is 4.42 Å². The van der Waals surface area contributed by atoms with Crippen LogP contribution in [0.15, 0.2) is 82.8 Å². The number of hydrogen-bond acceptors (Lipinski definition) is 5. The summed E-state index contributed by atoms with van der Waals surface area (Å²) in [7, 11) is 0. The number of aryl methyl sites for hydroxylation is 1. The number of rotatable bonds is 4. The predicted octanol–water partition coefficient (Wildman–Crippen LogP) is 3.77. The quantitative estimate of drug-likeness (QED) is 0.716. The molecule has 6 heteroatoms. The van der Waals surface area contributed by atoms with Crippen LogP contribution in [0.4, 0.5) is 5.69 Å². The summed E-state index contributed by atoms with van der Waals surface area (Å²) in [5.41, 5.74) is 1.95. The molecule has 1 aliphatic rings. The summed E-state index contributed by atoms with van der Waals surface area (Å²) in [6.45, 7) is 1.90. The van der Waals surface area contributed by atoms with Crippen LogP contribution in [0.3, 0.4) is 0 Å². The molecule has 0 radical (unpaired) electrons. The van der Waals surface area contributed by atoms with Crippen LogP contribution >= 0.6 is 0 Å². The first kappa shape index (κ1) is 16.8. The Morgan fingerprint density at radius 3 is 2.67 bits per heavy atom. The molecule has 4 rings (SSSR count). The van der Waals surface area contributed by atoms with Gasteiger partial charge in [0.1, 0.15) is 6.04 Å². The summed E-state index contributed by atoms with van der Waals surface area (Å²) in [5.74, 6) is -1.73. The molecule has 0 spiro atoms. The maximum atomic E-state index is 13.0. The van der Waals surface area contributed by atoms with Gasteiger partial charge in [-0.05, 0) is 48.9 Å². The van der Waals surface area contributed by atoms with Crippen LogP contribution in [0.25, 0.3) is 0 Å². The van der Waals surface area contributed by atoms with Crippen molar-refractivity contribution < 1.29 is 19.1 Å². The minimum Gasteiger partial charge on any atom is -0.503 e. The van der Waals surface area contributed by atoms with Gasteiger partial charge in [-0.2, -0.15) is 0 Å². The summed E-state index contributed by atoms with van der Waals surface area (Å²) in [6, 6.07) is 14.8. The van der Waals surface area contributed by atoms with Crippen LogP contribution in [0, 0.1) is 6.92 Å². The van der Waals surface area contributed by atoms with Gasteiger partial charge in [-0.3, -0.25) is 19.5 Å². The maximum Gasteiger partial charge on any atom is 0.294 e. The molecule has 134 valence electrons. The second kappa shape index (κ2) is 6.57. The van der Waals surface area contributed by atoms with Crippen LogP contribution in [0.5, 0.6) is 0 Å². The third-order valence-corrected chi connectivity index (χ3v) is 4.45. The first-order valence-corrected chi connectivity index (χ1v) is 8.40. The number of hydrogen-bond donors (Lipinski definition) is 1. The van der Waals surface area contributed by atoms with Crippen molar-refractivity contribution in [3.05, 3.63) is 95.4 Å². The molecule has 1 unspecified atom stereocenters. The van der Waals surface area contributed by atoms with E-state index < -0.39 is 23.5 Å². The zero-order valence-electron chi connectivity index (χ0n) is 14.5. The van der Waals surface area contributed by atoms with Gasteiger partial charge >= 0.3 is 0 Å². The van der Waals surface area contributed by atoms with E-state index in [0.29, 0.717) is 11.4 Å². The number of aliphatic hydroxyl groups excluding tert-OH is 1.